The van der Waals surface area contributed by atoms with E-state index in [-0.39, 0.29) is 0 Å². The molecule has 102 valence electrons. The summed E-state index contributed by atoms with van der Waals surface area (Å²) in [6.07, 6.45) is 1.20. The number of nitrogens with one attached hydrogen (secondary N) is 1. The number of benzene rings is 1. The molecule has 1 atom stereocenters. The lowest BCUT2D eigenvalue weighted by Crippen LogP contribution is -2.28. The monoisotopic (exact) mass is 247 g/mol. The van der Waals surface area contributed by atoms with Crippen LogP contribution in [0.5, 0.6) is 0 Å². The van der Waals surface area contributed by atoms with Gasteiger partial charge in [-0.3, -0.25) is 0 Å². The maximum absolute atomic E-state index is 3.50. The zero-order chi connectivity index (χ0) is 13.7. The predicted molar refractivity (Wildman–Crippen MR) is 81.2 cm³/mol. The molecule has 18 heavy (non-hydrogen) atoms. The van der Waals surface area contributed by atoms with Gasteiger partial charge in [0.2, 0.25) is 0 Å². The minimum absolute atomic E-state index is 0.726. The highest BCUT2D eigenvalue weighted by Gasteiger charge is 2.16. The summed E-state index contributed by atoms with van der Waals surface area (Å²) >= 11 is 0. The molecule has 0 aromatic heterocycles. The van der Waals surface area contributed by atoms with Crippen molar-refractivity contribution in [2.75, 3.05) is 13.1 Å². The highest BCUT2D eigenvalue weighted by atomic mass is 14.8. The lowest BCUT2D eigenvalue weighted by molar-refractivity contribution is 0.363. The van der Waals surface area contributed by atoms with Gasteiger partial charge in [0.15, 0.2) is 0 Å². The standard InChI is InChI=1S/C17H29N/c1-7-18-11-16(12(2)3)10-17-14(5)8-13(4)9-15(17)6/h8-9,12,16,18H,7,10-11H2,1-6H3. The highest BCUT2D eigenvalue weighted by molar-refractivity contribution is 5.37. The molecule has 1 unspecified atom stereocenters. The Morgan fingerprint density at radius 1 is 1.06 bits per heavy atom. The largest absolute Gasteiger partial charge is 0.317 e. The second kappa shape index (κ2) is 6.94. The van der Waals surface area contributed by atoms with Crippen molar-refractivity contribution in [3.8, 4) is 0 Å². The first-order valence-corrected chi connectivity index (χ1v) is 7.23. The first-order valence-electron chi connectivity index (χ1n) is 7.23. The number of rotatable bonds is 6. The van der Waals surface area contributed by atoms with E-state index in [9.17, 15) is 0 Å². The molecule has 0 saturated carbocycles. The van der Waals surface area contributed by atoms with E-state index in [2.05, 4.69) is 59.0 Å². The van der Waals surface area contributed by atoms with Crippen molar-refractivity contribution >= 4 is 0 Å². The average Bonchev–Trinajstić information content (AvgIpc) is 2.26. The number of hydrogen-bond acceptors (Lipinski definition) is 1. The molecule has 1 heteroatoms. The van der Waals surface area contributed by atoms with Crippen LogP contribution in [0.1, 0.15) is 43.0 Å². The zero-order valence-corrected chi connectivity index (χ0v) is 12.9. The van der Waals surface area contributed by atoms with Gasteiger partial charge in [-0.2, -0.15) is 0 Å². The van der Waals surface area contributed by atoms with Crippen LogP contribution in [-0.4, -0.2) is 13.1 Å². The molecule has 0 amide bonds. The van der Waals surface area contributed by atoms with Crippen LogP contribution < -0.4 is 5.32 Å². The summed E-state index contributed by atoms with van der Waals surface area (Å²) in [6, 6.07) is 4.62. The van der Waals surface area contributed by atoms with Crippen molar-refractivity contribution in [2.45, 2.75) is 48.0 Å². The smallest absolute Gasteiger partial charge is 0.00150 e. The summed E-state index contributed by atoms with van der Waals surface area (Å²) in [4.78, 5) is 0. The third-order valence-electron chi connectivity index (χ3n) is 3.91. The van der Waals surface area contributed by atoms with Gasteiger partial charge in [0, 0.05) is 0 Å². The van der Waals surface area contributed by atoms with Gasteiger partial charge >= 0.3 is 0 Å². The molecule has 0 saturated heterocycles. The van der Waals surface area contributed by atoms with Crippen molar-refractivity contribution in [2.24, 2.45) is 11.8 Å². The van der Waals surface area contributed by atoms with E-state index in [1.807, 2.05) is 0 Å². The molecule has 0 aliphatic carbocycles. The minimum atomic E-state index is 0.726. The van der Waals surface area contributed by atoms with Crippen LogP contribution >= 0.6 is 0 Å². The zero-order valence-electron chi connectivity index (χ0n) is 12.9. The summed E-state index contributed by atoms with van der Waals surface area (Å²) in [6.45, 7) is 15.7. The first kappa shape index (κ1) is 15.2. The summed E-state index contributed by atoms with van der Waals surface area (Å²) in [7, 11) is 0. The van der Waals surface area contributed by atoms with Gasteiger partial charge in [0.05, 0.1) is 0 Å². The van der Waals surface area contributed by atoms with Crippen LogP contribution in [0.2, 0.25) is 0 Å². The second-order valence-corrected chi connectivity index (χ2v) is 5.89. The van der Waals surface area contributed by atoms with Crippen LogP contribution in [0.3, 0.4) is 0 Å². The molecule has 0 aliphatic rings. The fraction of sp³-hybridized carbons (Fsp3) is 0.647. The molecule has 0 aliphatic heterocycles. The van der Waals surface area contributed by atoms with Crippen LogP contribution in [0.25, 0.3) is 0 Å². The molecule has 0 heterocycles. The molecular weight excluding hydrogens is 218 g/mol. The Morgan fingerprint density at radius 3 is 2.06 bits per heavy atom. The number of aryl methyl sites for hydroxylation is 3. The molecule has 1 nitrogen and oxygen atoms in total. The van der Waals surface area contributed by atoms with Crippen molar-refractivity contribution in [1.82, 2.24) is 5.32 Å². The van der Waals surface area contributed by atoms with Crippen molar-refractivity contribution in [1.29, 1.82) is 0 Å². The Morgan fingerprint density at radius 2 is 1.61 bits per heavy atom. The fourth-order valence-electron chi connectivity index (χ4n) is 2.67. The van der Waals surface area contributed by atoms with Crippen molar-refractivity contribution < 1.29 is 0 Å². The molecule has 0 fully saturated rings. The molecule has 1 aromatic rings. The van der Waals surface area contributed by atoms with E-state index < -0.39 is 0 Å². The van der Waals surface area contributed by atoms with E-state index in [1.165, 1.54) is 23.1 Å². The molecule has 1 aromatic carbocycles. The quantitative estimate of drug-likeness (QED) is 0.800. The van der Waals surface area contributed by atoms with Gasteiger partial charge in [0.25, 0.3) is 0 Å². The Balaban J connectivity index is 2.86. The summed E-state index contributed by atoms with van der Waals surface area (Å²) in [5.74, 6) is 1.45. The van der Waals surface area contributed by atoms with Gasteiger partial charge < -0.3 is 5.32 Å². The Hall–Kier alpha value is -0.820. The molecule has 0 bridgehead atoms. The third kappa shape index (κ3) is 4.13. The Labute approximate surface area is 113 Å². The lowest BCUT2D eigenvalue weighted by atomic mass is 9.85. The predicted octanol–water partition coefficient (Wildman–Crippen LogP) is 4.04. The van der Waals surface area contributed by atoms with Crippen LogP contribution in [0.15, 0.2) is 12.1 Å². The normalized spacial score (nSPS) is 13.1. The fourth-order valence-corrected chi connectivity index (χ4v) is 2.67. The van der Waals surface area contributed by atoms with Gasteiger partial charge in [0.1, 0.15) is 0 Å². The van der Waals surface area contributed by atoms with Gasteiger partial charge in [-0.1, -0.05) is 38.5 Å². The van der Waals surface area contributed by atoms with Crippen molar-refractivity contribution in [3.05, 3.63) is 34.4 Å². The molecule has 0 spiro atoms. The van der Waals surface area contributed by atoms with E-state index >= 15 is 0 Å². The summed E-state index contributed by atoms with van der Waals surface area (Å²) < 4.78 is 0. The summed E-state index contributed by atoms with van der Waals surface area (Å²) in [5.41, 5.74) is 5.84. The average molecular weight is 247 g/mol. The topological polar surface area (TPSA) is 12.0 Å². The Kier molecular flexibility index (Phi) is 5.87. The Bertz CT molecular complexity index is 356. The summed E-state index contributed by atoms with van der Waals surface area (Å²) in [5, 5.41) is 3.50. The van der Waals surface area contributed by atoms with E-state index in [4.69, 9.17) is 0 Å². The van der Waals surface area contributed by atoms with Gasteiger partial charge in [-0.25, -0.2) is 0 Å². The van der Waals surface area contributed by atoms with Crippen LogP contribution in [0, 0.1) is 32.6 Å². The number of hydrogen-bond donors (Lipinski definition) is 1. The van der Waals surface area contributed by atoms with E-state index in [1.54, 1.807) is 5.56 Å². The highest BCUT2D eigenvalue weighted by Crippen LogP contribution is 2.23. The van der Waals surface area contributed by atoms with Crippen LogP contribution in [0.4, 0.5) is 0 Å². The van der Waals surface area contributed by atoms with Gasteiger partial charge in [-0.05, 0) is 68.8 Å². The van der Waals surface area contributed by atoms with E-state index in [0.717, 1.165) is 24.9 Å². The van der Waals surface area contributed by atoms with E-state index in [0.29, 0.717) is 0 Å². The van der Waals surface area contributed by atoms with Crippen molar-refractivity contribution in [3.63, 3.8) is 0 Å². The molecule has 1 rings (SSSR count). The van der Waals surface area contributed by atoms with Gasteiger partial charge in [-0.15, -0.1) is 0 Å². The maximum Gasteiger partial charge on any atom is -0.00150 e. The molecule has 1 N–H and O–H groups in total. The minimum Gasteiger partial charge on any atom is -0.317 e. The van der Waals surface area contributed by atoms with Crippen LogP contribution in [-0.2, 0) is 6.42 Å². The maximum atomic E-state index is 3.50. The molecule has 0 radical (unpaired) electrons. The SMILES string of the molecule is CCNCC(Cc1c(C)cc(C)cc1C)C(C)C. The second-order valence-electron chi connectivity index (χ2n) is 5.89. The first-order chi connectivity index (χ1) is 8.45. The lowest BCUT2D eigenvalue weighted by Gasteiger charge is -2.23. The third-order valence-corrected chi connectivity index (χ3v) is 3.91. The molecular formula is C17H29N.